The van der Waals surface area contributed by atoms with Crippen LogP contribution in [0.3, 0.4) is 0 Å². The Labute approximate surface area is 162 Å². The molecule has 146 valence electrons. The Kier molecular flexibility index (Phi) is 4.45. The minimum absolute atomic E-state index is 0.0532. The van der Waals surface area contributed by atoms with Crippen molar-refractivity contribution in [3.05, 3.63) is 76.6 Å². The Balaban J connectivity index is 1.75. The molecular weight excluding hydrogens is 384 g/mol. The Morgan fingerprint density at radius 1 is 1.07 bits per heavy atom. The first kappa shape index (κ1) is 18.6. The third-order valence-corrected chi connectivity index (χ3v) is 7.13. The summed E-state index contributed by atoms with van der Waals surface area (Å²) in [4.78, 5) is 0.112. The minimum atomic E-state index is -3.82. The molecule has 28 heavy (non-hydrogen) atoms. The molecule has 0 bridgehead atoms. The zero-order valence-electron chi connectivity index (χ0n) is 15.5. The van der Waals surface area contributed by atoms with Crippen molar-refractivity contribution in [3.63, 3.8) is 0 Å². The molecule has 0 unspecified atom stereocenters. The first-order chi connectivity index (χ1) is 13.3. The fraction of sp³-hybridized carbons (Fsp3) is 0.250. The molecule has 2 aromatic carbocycles. The van der Waals surface area contributed by atoms with Gasteiger partial charge in [0.1, 0.15) is 4.90 Å². The number of rotatable bonds is 4. The third kappa shape index (κ3) is 2.88. The van der Waals surface area contributed by atoms with Crippen LogP contribution in [0.1, 0.15) is 22.5 Å². The average Bonchev–Trinajstić information content (AvgIpc) is 3.21. The smallest absolute Gasteiger partial charge is 0.266 e. The van der Waals surface area contributed by atoms with Crippen LogP contribution < -0.4 is 4.31 Å². The van der Waals surface area contributed by atoms with E-state index in [1.807, 2.05) is 18.2 Å². The van der Waals surface area contributed by atoms with Crippen LogP contribution in [0.4, 0.5) is 14.5 Å². The quantitative estimate of drug-likeness (QED) is 0.669. The Morgan fingerprint density at radius 2 is 1.82 bits per heavy atom. The second-order valence-corrected chi connectivity index (χ2v) is 8.63. The standard InChI is InChI=1S/C20H19F2N3O2S/c1-13-20(28(26,27)25-11-10-15-6-3-4-9-18(15)25)14(2)24(23-13)12-16-7-5-8-17(21)19(16)22/h3-9H,10-12H2,1-2H3. The Hall–Kier alpha value is -2.74. The molecule has 0 fully saturated rings. The van der Waals surface area contributed by atoms with Gasteiger partial charge in [0, 0.05) is 12.1 Å². The van der Waals surface area contributed by atoms with Gasteiger partial charge in [-0.1, -0.05) is 30.3 Å². The molecule has 0 saturated heterocycles. The predicted octanol–water partition coefficient (Wildman–Crippen LogP) is 3.58. The molecule has 3 aromatic rings. The lowest BCUT2D eigenvalue weighted by Crippen LogP contribution is -2.30. The molecule has 8 heteroatoms. The number of anilines is 1. The van der Waals surface area contributed by atoms with Crippen molar-refractivity contribution >= 4 is 15.7 Å². The molecule has 0 amide bonds. The van der Waals surface area contributed by atoms with Crippen LogP contribution in [0.2, 0.25) is 0 Å². The molecule has 1 aliphatic heterocycles. The number of halogens is 2. The molecule has 4 rings (SSSR count). The second-order valence-electron chi connectivity index (χ2n) is 6.83. The monoisotopic (exact) mass is 403 g/mol. The van der Waals surface area contributed by atoms with Crippen LogP contribution in [0.15, 0.2) is 47.4 Å². The van der Waals surface area contributed by atoms with E-state index in [0.717, 1.165) is 11.6 Å². The van der Waals surface area contributed by atoms with Gasteiger partial charge in [0.2, 0.25) is 0 Å². The number of para-hydroxylation sites is 1. The van der Waals surface area contributed by atoms with Crippen molar-refractivity contribution in [1.82, 2.24) is 9.78 Å². The highest BCUT2D eigenvalue weighted by Crippen LogP contribution is 2.34. The third-order valence-electron chi connectivity index (χ3n) is 5.06. The summed E-state index contributed by atoms with van der Waals surface area (Å²) in [5, 5.41) is 4.29. The van der Waals surface area contributed by atoms with Gasteiger partial charge in [-0.15, -0.1) is 0 Å². The van der Waals surface area contributed by atoms with E-state index in [4.69, 9.17) is 0 Å². The van der Waals surface area contributed by atoms with E-state index in [1.54, 1.807) is 19.9 Å². The summed E-state index contributed by atoms with van der Waals surface area (Å²) < 4.78 is 57.1. The molecule has 0 spiro atoms. The van der Waals surface area contributed by atoms with Crippen molar-refractivity contribution in [2.24, 2.45) is 0 Å². The van der Waals surface area contributed by atoms with Gasteiger partial charge in [-0.2, -0.15) is 5.10 Å². The fourth-order valence-electron chi connectivity index (χ4n) is 3.71. The van der Waals surface area contributed by atoms with Gasteiger partial charge in [0.05, 0.1) is 23.6 Å². The summed E-state index contributed by atoms with van der Waals surface area (Å²) in [5.41, 5.74) is 2.49. The van der Waals surface area contributed by atoms with Crippen LogP contribution in [-0.2, 0) is 23.0 Å². The maximum Gasteiger partial charge on any atom is 0.268 e. The van der Waals surface area contributed by atoms with Gasteiger partial charge in [-0.05, 0) is 38.0 Å². The number of aromatic nitrogens is 2. The number of fused-ring (bicyclic) bond motifs is 1. The molecule has 5 nitrogen and oxygen atoms in total. The molecule has 2 heterocycles. The van der Waals surface area contributed by atoms with Crippen molar-refractivity contribution in [2.75, 3.05) is 10.8 Å². The van der Waals surface area contributed by atoms with Crippen LogP contribution in [-0.4, -0.2) is 24.7 Å². The van der Waals surface area contributed by atoms with E-state index in [2.05, 4.69) is 5.10 Å². The zero-order chi connectivity index (χ0) is 20.1. The molecule has 0 aliphatic carbocycles. The van der Waals surface area contributed by atoms with Gasteiger partial charge < -0.3 is 0 Å². The molecule has 1 aliphatic rings. The highest BCUT2D eigenvalue weighted by Gasteiger charge is 2.35. The van der Waals surface area contributed by atoms with Crippen LogP contribution in [0.5, 0.6) is 0 Å². The maximum absolute atomic E-state index is 14.0. The predicted molar refractivity (Wildman–Crippen MR) is 102 cm³/mol. The maximum atomic E-state index is 14.0. The van der Waals surface area contributed by atoms with Crippen molar-refractivity contribution in [2.45, 2.75) is 31.7 Å². The Bertz CT molecular complexity index is 1170. The first-order valence-electron chi connectivity index (χ1n) is 8.88. The minimum Gasteiger partial charge on any atom is -0.266 e. The molecular formula is C20H19F2N3O2S. The number of benzene rings is 2. The average molecular weight is 403 g/mol. The van der Waals surface area contributed by atoms with Crippen molar-refractivity contribution in [1.29, 1.82) is 0 Å². The molecule has 0 saturated carbocycles. The van der Waals surface area contributed by atoms with Gasteiger partial charge in [0.25, 0.3) is 10.0 Å². The number of aryl methyl sites for hydroxylation is 1. The summed E-state index contributed by atoms with van der Waals surface area (Å²) >= 11 is 0. The van der Waals surface area contributed by atoms with E-state index in [1.165, 1.54) is 21.1 Å². The van der Waals surface area contributed by atoms with E-state index in [-0.39, 0.29) is 17.0 Å². The van der Waals surface area contributed by atoms with Gasteiger partial charge in [-0.3, -0.25) is 8.99 Å². The van der Waals surface area contributed by atoms with E-state index in [9.17, 15) is 17.2 Å². The molecule has 0 atom stereocenters. The van der Waals surface area contributed by atoms with Gasteiger partial charge in [0.15, 0.2) is 11.6 Å². The normalized spacial score (nSPS) is 13.8. The van der Waals surface area contributed by atoms with Crippen LogP contribution >= 0.6 is 0 Å². The fourth-order valence-corrected chi connectivity index (χ4v) is 5.59. The molecule has 0 N–H and O–H groups in total. The number of sulfonamides is 1. The van der Waals surface area contributed by atoms with E-state index in [0.29, 0.717) is 30.0 Å². The highest BCUT2D eigenvalue weighted by molar-refractivity contribution is 7.93. The number of nitrogens with zero attached hydrogens (tertiary/aromatic N) is 3. The lowest BCUT2D eigenvalue weighted by molar-refractivity contribution is 0.490. The molecule has 0 radical (unpaired) electrons. The Morgan fingerprint density at radius 3 is 2.61 bits per heavy atom. The lowest BCUT2D eigenvalue weighted by atomic mass is 10.2. The summed E-state index contributed by atoms with van der Waals surface area (Å²) in [7, 11) is -3.82. The number of hydrogen-bond donors (Lipinski definition) is 0. The zero-order valence-corrected chi connectivity index (χ0v) is 16.3. The largest absolute Gasteiger partial charge is 0.268 e. The van der Waals surface area contributed by atoms with Gasteiger partial charge in [-0.25, -0.2) is 17.2 Å². The van der Waals surface area contributed by atoms with Gasteiger partial charge >= 0.3 is 0 Å². The summed E-state index contributed by atoms with van der Waals surface area (Å²) in [5.74, 6) is -1.89. The van der Waals surface area contributed by atoms with Crippen LogP contribution in [0.25, 0.3) is 0 Å². The first-order valence-corrected chi connectivity index (χ1v) is 10.3. The van der Waals surface area contributed by atoms with E-state index < -0.39 is 21.7 Å². The van der Waals surface area contributed by atoms with Crippen molar-refractivity contribution in [3.8, 4) is 0 Å². The highest BCUT2D eigenvalue weighted by atomic mass is 32.2. The SMILES string of the molecule is Cc1nn(Cc2cccc(F)c2F)c(C)c1S(=O)(=O)N1CCc2ccccc21. The summed E-state index contributed by atoms with van der Waals surface area (Å²) in [6, 6.07) is 11.3. The topological polar surface area (TPSA) is 55.2 Å². The summed E-state index contributed by atoms with van der Waals surface area (Å²) in [6.45, 7) is 3.55. The lowest BCUT2D eigenvalue weighted by Gasteiger charge is -2.19. The molecule has 1 aromatic heterocycles. The van der Waals surface area contributed by atoms with Crippen molar-refractivity contribution < 1.29 is 17.2 Å². The second kappa shape index (κ2) is 6.70. The van der Waals surface area contributed by atoms with Crippen LogP contribution in [0, 0.1) is 25.5 Å². The number of hydrogen-bond acceptors (Lipinski definition) is 3. The van der Waals surface area contributed by atoms with E-state index >= 15 is 0 Å². The summed E-state index contributed by atoms with van der Waals surface area (Å²) in [6.07, 6.45) is 0.649.